The number of allylic oxidation sites excluding steroid dienone is 1. The van der Waals surface area contributed by atoms with Gasteiger partial charge in [-0.2, -0.15) is 15.2 Å². The van der Waals surface area contributed by atoms with Gasteiger partial charge in [0.15, 0.2) is 50.6 Å². The molecule has 3 aliphatic heterocycles. The van der Waals surface area contributed by atoms with Gasteiger partial charge in [-0.3, -0.25) is 24.0 Å². The molecule has 9 aromatic carbocycles. The zero-order valence-corrected chi connectivity index (χ0v) is 73.0. The summed E-state index contributed by atoms with van der Waals surface area (Å²) in [5.41, 5.74) is 20.9. The van der Waals surface area contributed by atoms with E-state index in [1.165, 1.54) is 41.0 Å². The van der Waals surface area contributed by atoms with Crippen LogP contribution in [0, 0.1) is 0 Å². The minimum atomic E-state index is -0.980. The second kappa shape index (κ2) is 46.1. The number of nitrogens with two attached hydrogens (primary N) is 3. The molecule has 0 saturated carbocycles. The van der Waals surface area contributed by atoms with Crippen LogP contribution in [0.2, 0.25) is 0 Å². The Kier molecular flexibility index (Phi) is 37.7. The summed E-state index contributed by atoms with van der Waals surface area (Å²) < 4.78 is 36.7. The summed E-state index contributed by atoms with van der Waals surface area (Å²) in [6.07, 6.45) is 3.93. The molecule has 0 aliphatic carbocycles. The van der Waals surface area contributed by atoms with Gasteiger partial charge in [-0.15, -0.1) is 11.6 Å². The molecule has 36 heteroatoms. The number of ketones is 1. The average molecular weight is 2030 g/mol. The number of hydrogen-bond donors (Lipinski definition) is 11. The van der Waals surface area contributed by atoms with Crippen molar-refractivity contribution < 1.29 is 93.2 Å². The highest BCUT2D eigenvalue weighted by molar-refractivity contribution is 9.13. The number of carbonyl (C=O) groups excluding carboxylic acids is 3. The van der Waals surface area contributed by atoms with Crippen molar-refractivity contribution in [2.45, 2.75) is 60.0 Å². The van der Waals surface area contributed by atoms with Gasteiger partial charge in [-0.1, -0.05) is 19.2 Å². The van der Waals surface area contributed by atoms with E-state index in [0.717, 1.165) is 46.7 Å². The number of phenols is 6. The van der Waals surface area contributed by atoms with E-state index in [9.17, 15) is 49.8 Å². The number of nitrogens with zero attached hydrogens (tertiary/aromatic N) is 5. The second-order valence-electron chi connectivity index (χ2n) is 23.5. The number of carbonyl (C=O) groups is 5. The molecule has 3 aliphatic rings. The van der Waals surface area contributed by atoms with Crippen molar-refractivity contribution in [3.8, 4) is 86.2 Å². The van der Waals surface area contributed by atoms with Crippen molar-refractivity contribution in [2.75, 3.05) is 38.0 Å². The van der Waals surface area contributed by atoms with Crippen LogP contribution >= 0.6 is 131 Å². The third-order valence-corrected chi connectivity index (χ3v) is 23.2. The summed E-state index contributed by atoms with van der Waals surface area (Å²) in [4.78, 5) is 56.2. The lowest BCUT2D eigenvalue weighted by Gasteiger charge is -2.24. The SMILES string of the molecule is C.CC(=O)O.CCOc1ccc(Oc2ccc(C(=O)/C=C/c3cc(O)c(O)c(Br)c3Br)cc2)cc1.CCOc1ccc(Oc2ccc(C3=NN(C(N)=S)C(c4cc(O)c(O)c(Br)c4Br)C3)cc2)cc1.CCOc1ccc(Oc2ccc(C3=NN(C4=NC(=O)CS4)C(c4cc(O)c(O)c(Br)c4Br)C3)cc2)cc1.NCC(N)=O.O=C(O)CCl. The molecule has 0 bridgehead atoms. The molecule has 0 spiro atoms. The molecule has 12 rings (SSSR count). The van der Waals surface area contributed by atoms with E-state index in [1.54, 1.807) is 35.4 Å². The first-order chi connectivity index (χ1) is 54.8. The Morgan fingerprint density at radius 3 is 1.22 bits per heavy atom. The lowest BCUT2D eigenvalue weighted by Crippen LogP contribution is -2.31. The van der Waals surface area contributed by atoms with Gasteiger partial charge in [-0.05, 0) is 332 Å². The standard InChI is InChI=1S/C26H21Br2N3O5S.C24H21Br2N3O4S.C23H18Br2O5.C2H3ClO2.C2H6N2O.C2H4O2.CH4/c1-2-35-15-7-9-17(10-8-15)36-16-5-3-14(4-6-16)19-12-20(31(30-19)26-29-22(33)13-37-26)18-11-21(32)25(34)24(28)23(18)27;1-2-32-14-7-9-16(10-8-14)33-15-5-3-13(4-6-15)18-12-19(29(28-18)24(27)34)17-11-20(30)23(31)22(26)21(17)25;1-2-29-16-8-10-18(11-9-16)30-17-6-3-14(4-7-17)19(26)12-5-15-13-20(27)23(28)22(25)21(15)24;2*3-1-2(4)5;1-2(3)4;/h3-11,20,32,34H,2,12-13H2,1H3;3-11,19,30-31H,2,12H2,1H3,(H2,27,34);3-13,27-28H,2H2,1H3;1H2,(H,4,5);1,3H2,(H2,4,5);1H3,(H,3,4);1H4/b;;12-5+;;;;. The maximum atomic E-state index is 12.5. The van der Waals surface area contributed by atoms with Gasteiger partial charge in [0.1, 0.15) is 57.6 Å². The molecular formula is C80H77Br6ClN8O19S2. The van der Waals surface area contributed by atoms with E-state index >= 15 is 0 Å². The first kappa shape index (κ1) is 94.9. The zero-order chi connectivity index (χ0) is 84.3. The lowest BCUT2D eigenvalue weighted by molar-refractivity contribution is -0.135. The molecular weight excluding hydrogens is 1960 g/mol. The van der Waals surface area contributed by atoms with E-state index in [1.807, 2.05) is 142 Å². The fourth-order valence-electron chi connectivity index (χ4n) is 10.2. The third-order valence-electron chi connectivity index (χ3n) is 15.4. The number of hydrazone groups is 2. The first-order valence-corrected chi connectivity index (χ1v) is 40.6. The molecule has 2 amide bonds. The largest absolute Gasteiger partial charge is 0.504 e. The van der Waals surface area contributed by atoms with Crippen LogP contribution < -0.4 is 45.6 Å². The second-order valence-corrected chi connectivity index (χ2v) is 29.9. The van der Waals surface area contributed by atoms with Gasteiger partial charge in [0.2, 0.25) is 5.91 Å². The monoisotopic (exact) mass is 2030 g/mol. The summed E-state index contributed by atoms with van der Waals surface area (Å²) >= 11 is 31.4. The fraction of sp³-hybridized carbons (Fsp3) is 0.188. The van der Waals surface area contributed by atoms with Crippen molar-refractivity contribution >= 4 is 188 Å². The van der Waals surface area contributed by atoms with Crippen molar-refractivity contribution in [1.29, 1.82) is 0 Å². The number of phenolic OH excluding ortho intramolecular Hbond substituents is 6. The quantitative estimate of drug-likeness (QED) is 0.0105. The number of hydrogen-bond acceptors (Lipinski definition) is 23. The first-order valence-electron chi connectivity index (χ1n) is 34.0. The molecule has 0 saturated heterocycles. The molecule has 0 radical (unpaired) electrons. The number of halogens is 7. The molecule has 116 heavy (non-hydrogen) atoms. The number of benzene rings is 9. The Bertz CT molecular complexity index is 5060. The number of thiocarbonyl (C=S) groups is 1. The van der Waals surface area contributed by atoms with Crippen molar-refractivity contribution in [3.05, 3.63) is 230 Å². The van der Waals surface area contributed by atoms with Gasteiger partial charge in [-0.25, -0.2) is 10.0 Å². The topological polar surface area (TPSA) is 424 Å². The number of amidine groups is 1. The van der Waals surface area contributed by atoms with Gasteiger partial charge in [0.25, 0.3) is 11.9 Å². The van der Waals surface area contributed by atoms with Crippen molar-refractivity contribution in [1.82, 2.24) is 10.0 Å². The molecule has 0 aromatic heterocycles. The van der Waals surface area contributed by atoms with Gasteiger partial charge in [0.05, 0.1) is 69.0 Å². The van der Waals surface area contributed by atoms with E-state index in [2.05, 4.69) is 111 Å². The van der Waals surface area contributed by atoms with Crippen LogP contribution in [-0.2, 0) is 19.2 Å². The zero-order valence-electron chi connectivity index (χ0n) is 61.1. The number of thioether (sulfide) groups is 1. The number of carboxylic acid groups (broad SMARTS) is 2. The average Bonchev–Trinajstić information content (AvgIpc) is 1.62. The summed E-state index contributed by atoms with van der Waals surface area (Å²) in [5, 5.41) is 88.2. The molecule has 14 N–H and O–H groups in total. The Balaban J connectivity index is 0.000000249. The maximum Gasteiger partial charge on any atom is 0.318 e. The Morgan fingerprint density at radius 2 is 0.871 bits per heavy atom. The van der Waals surface area contributed by atoms with Crippen LogP contribution in [0.1, 0.15) is 98.2 Å². The number of ether oxygens (including phenoxy) is 6. The summed E-state index contributed by atoms with van der Waals surface area (Å²) in [6.45, 7) is 8.65. The van der Waals surface area contributed by atoms with Gasteiger partial charge >= 0.3 is 5.97 Å². The number of alkyl halides is 1. The third kappa shape index (κ3) is 27.3. The highest BCUT2D eigenvalue weighted by atomic mass is 79.9. The smallest absolute Gasteiger partial charge is 0.318 e. The number of aromatic hydroxyl groups is 6. The van der Waals surface area contributed by atoms with E-state index in [-0.39, 0.29) is 89.0 Å². The van der Waals surface area contributed by atoms with Crippen LogP contribution in [0.25, 0.3) is 6.08 Å². The predicted molar refractivity (Wildman–Crippen MR) is 471 cm³/mol. The highest BCUT2D eigenvalue weighted by Crippen LogP contribution is 2.50. The lowest BCUT2D eigenvalue weighted by atomic mass is 9.98. The molecule has 2 unspecified atom stereocenters. The molecule has 2 atom stereocenters. The number of aliphatic carboxylic acids is 2. The number of aliphatic imine (C=N–C) groups is 1. The predicted octanol–water partition coefficient (Wildman–Crippen LogP) is 19.0. The van der Waals surface area contributed by atoms with Gasteiger partial charge < -0.3 is 86.5 Å². The van der Waals surface area contributed by atoms with Crippen LogP contribution in [0.4, 0.5) is 0 Å². The van der Waals surface area contributed by atoms with Crippen LogP contribution in [0.3, 0.4) is 0 Å². The number of carboxylic acids is 2. The Hall–Kier alpha value is -9.95. The van der Waals surface area contributed by atoms with E-state index < -0.39 is 17.8 Å². The van der Waals surface area contributed by atoms with Crippen LogP contribution in [0.5, 0.6) is 86.2 Å². The molecule has 612 valence electrons. The number of amides is 2. The summed E-state index contributed by atoms with van der Waals surface area (Å²) in [5.74, 6) is 2.07. The van der Waals surface area contributed by atoms with E-state index in [4.69, 9.17) is 83.8 Å². The maximum absolute atomic E-state index is 12.5. The highest BCUT2D eigenvalue weighted by Gasteiger charge is 2.38. The summed E-state index contributed by atoms with van der Waals surface area (Å²) in [6, 6.07) is 47.7. The molecule has 27 nitrogen and oxygen atoms in total. The Labute approximate surface area is 732 Å². The fourth-order valence-corrected chi connectivity index (χ4v) is 14.0. The normalized spacial score (nSPS) is 13.6. The number of rotatable bonds is 21. The summed E-state index contributed by atoms with van der Waals surface area (Å²) in [7, 11) is 0. The number of primary amides is 1. The van der Waals surface area contributed by atoms with E-state index in [0.29, 0.717) is 121 Å². The van der Waals surface area contributed by atoms with Crippen LogP contribution in [0.15, 0.2) is 212 Å². The van der Waals surface area contributed by atoms with Crippen molar-refractivity contribution in [3.63, 3.8) is 0 Å². The Morgan fingerprint density at radius 1 is 0.543 bits per heavy atom. The minimum Gasteiger partial charge on any atom is -0.504 e. The molecule has 3 heterocycles. The van der Waals surface area contributed by atoms with Crippen LogP contribution in [-0.4, -0.2) is 140 Å². The molecule has 9 aromatic rings. The van der Waals surface area contributed by atoms with Crippen molar-refractivity contribution in [2.24, 2.45) is 32.4 Å². The molecule has 0 fully saturated rings. The van der Waals surface area contributed by atoms with Gasteiger partial charge in [0, 0.05) is 38.7 Å². The minimum absolute atomic E-state index is 0.